The van der Waals surface area contributed by atoms with Crippen LogP contribution in [0.15, 0.2) is 60.3 Å². The molecule has 0 heterocycles. The average molecular weight is 333 g/mol. The lowest BCUT2D eigenvalue weighted by atomic mass is 10.1. The molecule has 4 nitrogen and oxygen atoms in total. The summed E-state index contributed by atoms with van der Waals surface area (Å²) in [6.45, 7) is 4.12. The van der Waals surface area contributed by atoms with Gasteiger partial charge in [-0.15, -0.1) is 0 Å². The van der Waals surface area contributed by atoms with E-state index in [-0.39, 0.29) is 5.57 Å². The molecule has 0 aliphatic rings. The molecule has 0 atom stereocenters. The number of aryl methyl sites for hydroxylation is 2. The van der Waals surface area contributed by atoms with Crippen molar-refractivity contribution in [1.29, 1.82) is 5.26 Å². The highest BCUT2D eigenvalue weighted by atomic mass is 16.1. The van der Waals surface area contributed by atoms with E-state index < -0.39 is 5.91 Å². The number of carbonyl (C=O) groups excluding carboxylic acids is 1. The minimum atomic E-state index is -0.430. The average Bonchev–Trinajstić information content (AvgIpc) is 2.61. The standard InChI is InChI=1S/C21H23N3O/c1-3-4-7-17-9-11-19(12-10-17)23-15-18(14-22)21(25)24-20-8-5-6-16(2)13-20/h5-6,8-13,15,23H,3-4,7H2,1-2H3,(H,24,25)/b18-15-. The van der Waals surface area contributed by atoms with E-state index in [1.165, 1.54) is 24.6 Å². The molecule has 0 aliphatic carbocycles. The van der Waals surface area contributed by atoms with Gasteiger partial charge in [0.2, 0.25) is 0 Å². The van der Waals surface area contributed by atoms with Crippen LogP contribution in [0.3, 0.4) is 0 Å². The van der Waals surface area contributed by atoms with Gasteiger partial charge in [0.1, 0.15) is 11.6 Å². The number of hydrogen-bond donors (Lipinski definition) is 2. The number of nitrogens with one attached hydrogen (secondary N) is 2. The summed E-state index contributed by atoms with van der Waals surface area (Å²) >= 11 is 0. The van der Waals surface area contributed by atoms with Gasteiger partial charge >= 0.3 is 0 Å². The molecule has 0 fully saturated rings. The fourth-order valence-corrected chi connectivity index (χ4v) is 2.37. The van der Waals surface area contributed by atoms with Gasteiger partial charge in [-0.05, 0) is 55.2 Å². The Morgan fingerprint density at radius 1 is 1.16 bits per heavy atom. The van der Waals surface area contributed by atoms with E-state index in [4.69, 9.17) is 0 Å². The van der Waals surface area contributed by atoms with Crippen LogP contribution >= 0.6 is 0 Å². The smallest absolute Gasteiger partial charge is 0.267 e. The lowest BCUT2D eigenvalue weighted by Crippen LogP contribution is -2.14. The Hall–Kier alpha value is -3.06. The molecular weight excluding hydrogens is 310 g/mol. The topological polar surface area (TPSA) is 64.9 Å². The maximum absolute atomic E-state index is 12.2. The number of benzene rings is 2. The molecule has 2 rings (SSSR count). The van der Waals surface area contributed by atoms with Gasteiger partial charge in [0, 0.05) is 17.6 Å². The Bertz CT molecular complexity index is 786. The summed E-state index contributed by atoms with van der Waals surface area (Å²) in [5, 5.41) is 15.0. The number of amides is 1. The fourth-order valence-electron chi connectivity index (χ4n) is 2.37. The van der Waals surface area contributed by atoms with E-state index in [1.807, 2.05) is 43.3 Å². The minimum absolute atomic E-state index is 0.0246. The maximum atomic E-state index is 12.2. The molecule has 128 valence electrons. The number of carbonyl (C=O) groups is 1. The van der Waals surface area contributed by atoms with Crippen LogP contribution in [0.4, 0.5) is 11.4 Å². The van der Waals surface area contributed by atoms with Crippen LogP contribution in [0.25, 0.3) is 0 Å². The molecule has 0 saturated heterocycles. The molecule has 4 heteroatoms. The lowest BCUT2D eigenvalue weighted by molar-refractivity contribution is -0.112. The SMILES string of the molecule is CCCCc1ccc(N/C=C(/C#N)C(=O)Nc2cccc(C)c2)cc1. The van der Waals surface area contributed by atoms with Crippen molar-refractivity contribution in [2.45, 2.75) is 33.1 Å². The maximum Gasteiger partial charge on any atom is 0.267 e. The van der Waals surface area contributed by atoms with E-state index in [0.29, 0.717) is 5.69 Å². The van der Waals surface area contributed by atoms with Crippen molar-refractivity contribution < 1.29 is 4.79 Å². The summed E-state index contributed by atoms with van der Waals surface area (Å²) in [6.07, 6.45) is 4.84. The van der Waals surface area contributed by atoms with E-state index in [0.717, 1.165) is 17.7 Å². The number of rotatable bonds is 7. The van der Waals surface area contributed by atoms with Gasteiger partial charge in [-0.3, -0.25) is 4.79 Å². The van der Waals surface area contributed by atoms with Crippen molar-refractivity contribution in [3.8, 4) is 6.07 Å². The van der Waals surface area contributed by atoms with Gasteiger partial charge in [0.15, 0.2) is 0 Å². The van der Waals surface area contributed by atoms with Gasteiger partial charge in [-0.2, -0.15) is 5.26 Å². The van der Waals surface area contributed by atoms with Crippen LogP contribution in [-0.2, 0) is 11.2 Å². The second-order valence-corrected chi connectivity index (χ2v) is 5.94. The highest BCUT2D eigenvalue weighted by molar-refractivity contribution is 6.06. The summed E-state index contributed by atoms with van der Waals surface area (Å²) < 4.78 is 0. The van der Waals surface area contributed by atoms with Gasteiger partial charge in [-0.1, -0.05) is 37.6 Å². The Labute approximate surface area is 149 Å². The van der Waals surface area contributed by atoms with Crippen LogP contribution in [-0.4, -0.2) is 5.91 Å². The predicted octanol–water partition coefficient (Wildman–Crippen LogP) is 4.80. The molecule has 1 amide bonds. The Morgan fingerprint density at radius 3 is 2.56 bits per heavy atom. The number of nitriles is 1. The van der Waals surface area contributed by atoms with Crippen molar-refractivity contribution in [2.75, 3.05) is 10.6 Å². The van der Waals surface area contributed by atoms with Gasteiger partial charge < -0.3 is 10.6 Å². The van der Waals surface area contributed by atoms with Crippen LogP contribution in [0.1, 0.15) is 30.9 Å². The summed E-state index contributed by atoms with van der Waals surface area (Å²) in [5.41, 5.74) is 3.87. The number of hydrogen-bond acceptors (Lipinski definition) is 3. The zero-order valence-corrected chi connectivity index (χ0v) is 14.7. The largest absolute Gasteiger partial charge is 0.360 e. The normalized spacial score (nSPS) is 10.8. The molecule has 2 aromatic carbocycles. The van der Waals surface area contributed by atoms with E-state index in [9.17, 15) is 10.1 Å². The minimum Gasteiger partial charge on any atom is -0.360 e. The van der Waals surface area contributed by atoms with Crippen molar-refractivity contribution in [3.63, 3.8) is 0 Å². The van der Waals surface area contributed by atoms with Crippen molar-refractivity contribution in [1.82, 2.24) is 0 Å². The summed E-state index contributed by atoms with van der Waals surface area (Å²) in [4.78, 5) is 12.2. The van der Waals surface area contributed by atoms with E-state index in [2.05, 4.69) is 29.7 Å². The van der Waals surface area contributed by atoms with Crippen LogP contribution < -0.4 is 10.6 Å². The predicted molar refractivity (Wildman–Crippen MR) is 102 cm³/mol. The van der Waals surface area contributed by atoms with Gasteiger partial charge in [-0.25, -0.2) is 0 Å². The van der Waals surface area contributed by atoms with E-state index in [1.54, 1.807) is 6.07 Å². The molecule has 25 heavy (non-hydrogen) atoms. The first-order chi connectivity index (χ1) is 12.1. The highest BCUT2D eigenvalue weighted by Crippen LogP contribution is 2.13. The Morgan fingerprint density at radius 2 is 1.92 bits per heavy atom. The summed E-state index contributed by atoms with van der Waals surface area (Å²) in [5.74, 6) is -0.430. The van der Waals surface area contributed by atoms with Gasteiger partial charge in [0.25, 0.3) is 5.91 Å². The molecule has 2 aromatic rings. The molecule has 0 aliphatic heterocycles. The highest BCUT2D eigenvalue weighted by Gasteiger charge is 2.09. The molecule has 0 aromatic heterocycles. The third-order valence-corrected chi connectivity index (χ3v) is 3.80. The van der Waals surface area contributed by atoms with Crippen LogP contribution in [0, 0.1) is 18.3 Å². The number of unbranched alkanes of at least 4 members (excludes halogenated alkanes) is 1. The van der Waals surface area contributed by atoms with Crippen LogP contribution in [0.2, 0.25) is 0 Å². The lowest BCUT2D eigenvalue weighted by Gasteiger charge is -2.06. The third-order valence-electron chi connectivity index (χ3n) is 3.80. The molecule has 0 radical (unpaired) electrons. The summed E-state index contributed by atoms with van der Waals surface area (Å²) in [7, 11) is 0. The van der Waals surface area contributed by atoms with Gasteiger partial charge in [0.05, 0.1) is 0 Å². The number of nitrogens with zero attached hydrogens (tertiary/aromatic N) is 1. The van der Waals surface area contributed by atoms with Crippen LogP contribution in [0.5, 0.6) is 0 Å². The molecule has 0 bridgehead atoms. The van der Waals surface area contributed by atoms with Crippen molar-refractivity contribution in [3.05, 3.63) is 71.4 Å². The zero-order valence-electron chi connectivity index (χ0n) is 14.7. The zero-order chi connectivity index (χ0) is 18.1. The monoisotopic (exact) mass is 333 g/mol. The molecule has 2 N–H and O–H groups in total. The second kappa shape index (κ2) is 9.29. The summed E-state index contributed by atoms with van der Waals surface area (Å²) in [6, 6.07) is 17.4. The Balaban J connectivity index is 1.99. The first-order valence-corrected chi connectivity index (χ1v) is 8.46. The Kier molecular flexibility index (Phi) is 6.79. The van der Waals surface area contributed by atoms with E-state index >= 15 is 0 Å². The first kappa shape index (κ1) is 18.3. The molecule has 0 spiro atoms. The molecule has 0 saturated carbocycles. The van der Waals surface area contributed by atoms with Crippen molar-refractivity contribution >= 4 is 17.3 Å². The quantitative estimate of drug-likeness (QED) is 0.565. The third kappa shape index (κ3) is 5.82. The molecule has 0 unspecified atom stereocenters. The van der Waals surface area contributed by atoms with Crippen molar-refractivity contribution in [2.24, 2.45) is 0 Å². The first-order valence-electron chi connectivity index (χ1n) is 8.46. The second-order valence-electron chi connectivity index (χ2n) is 5.94. The molecular formula is C21H23N3O. The fraction of sp³-hybridized carbons (Fsp3) is 0.238. The number of anilines is 2.